The van der Waals surface area contributed by atoms with Crippen molar-refractivity contribution in [2.75, 3.05) is 43.4 Å². The first kappa shape index (κ1) is 56.9. The molecule has 2 fully saturated rings. The van der Waals surface area contributed by atoms with Crippen molar-refractivity contribution >= 4 is 52.1 Å². The summed E-state index contributed by atoms with van der Waals surface area (Å²) in [6.45, 7) is 13.1. The fraction of sp³-hybridized carbons (Fsp3) is 0.446. The Morgan fingerprint density at radius 2 is 1.58 bits per heavy atom. The van der Waals surface area contributed by atoms with Gasteiger partial charge >= 0.3 is 6.18 Å². The van der Waals surface area contributed by atoms with E-state index in [1.807, 2.05) is 77.8 Å². The molecule has 15 nitrogen and oxygen atoms in total. The van der Waals surface area contributed by atoms with E-state index in [1.54, 1.807) is 29.0 Å². The number of aromatic nitrogens is 2. The van der Waals surface area contributed by atoms with Crippen molar-refractivity contribution in [2.24, 2.45) is 11.3 Å². The number of carbonyl (C=O) groups excluding carboxylic acids is 5. The highest BCUT2D eigenvalue weighted by molar-refractivity contribution is 7.13. The standard InChI is InChI=1S/C56H66F4N8O7S/c1-32-28-67(29-33(2)66(32)7)47-19-17-37(22-46(47)65-52(73)42-27-62-49(71)25-43(42)56(58,59)60)41-18-16-38(21-45(41)57)51(72)61-20-10-8-9-11-39(69)23-44(55(4,5)6)54(75)68-30-40(70)24-48(68)53(74)63-26-35-12-14-36(15-13-35)50-34(3)64-31-76-50/h12-19,21-22,25,27,31-33,40,44,48,70H,8-11,20,23-24,26,28-30H2,1-7H3,(H,61,72)(H,62,71)(H,63,74)(H,65,73)/t32-,33+,40-,44-,48+/m1/s1. The summed E-state index contributed by atoms with van der Waals surface area (Å²) in [6.07, 6.45) is -3.37. The number of alkyl halides is 3. The number of unbranched alkanes of at least 4 members (excludes halogenated alkanes) is 2. The Hall–Kier alpha value is -6.77. The maximum atomic E-state index is 15.9. The summed E-state index contributed by atoms with van der Waals surface area (Å²) in [6, 6.07) is 16.1. The molecule has 4 heterocycles. The number of aliphatic hydroxyl groups excluding tert-OH is 1. The van der Waals surface area contributed by atoms with Crippen LogP contribution in [-0.4, -0.2) is 112 Å². The number of Topliss-reactive ketones (excluding diaryl/α,β-unsaturated/α-hetero) is 1. The molecule has 2 aliphatic heterocycles. The van der Waals surface area contributed by atoms with Crippen molar-refractivity contribution in [1.82, 2.24) is 30.4 Å². The molecular weight excluding hydrogens is 1000 g/mol. The van der Waals surface area contributed by atoms with Crippen LogP contribution in [0.4, 0.5) is 28.9 Å². The number of hydrogen-bond acceptors (Lipinski definition) is 11. The maximum Gasteiger partial charge on any atom is 0.417 e. The third-order valence-corrected chi connectivity index (χ3v) is 15.4. The summed E-state index contributed by atoms with van der Waals surface area (Å²) >= 11 is 1.55. The van der Waals surface area contributed by atoms with Gasteiger partial charge in [-0.3, -0.25) is 33.7 Å². The number of anilines is 2. The first-order chi connectivity index (χ1) is 35.9. The van der Waals surface area contributed by atoms with Crippen LogP contribution in [0.15, 0.2) is 83.2 Å². The summed E-state index contributed by atoms with van der Waals surface area (Å²) < 4.78 is 57.8. The molecule has 2 aliphatic rings. The fourth-order valence-electron chi connectivity index (χ4n) is 9.84. The van der Waals surface area contributed by atoms with E-state index in [0.717, 1.165) is 27.8 Å². The van der Waals surface area contributed by atoms with Gasteiger partial charge in [-0.2, -0.15) is 13.2 Å². The number of aromatic amines is 1. The Balaban J connectivity index is 0.914. The molecule has 0 bridgehead atoms. The summed E-state index contributed by atoms with van der Waals surface area (Å²) in [5, 5.41) is 18.9. The van der Waals surface area contributed by atoms with Crippen LogP contribution >= 0.6 is 11.3 Å². The number of ketones is 1. The first-order valence-corrected chi connectivity index (χ1v) is 26.3. The summed E-state index contributed by atoms with van der Waals surface area (Å²) in [7, 11) is 1.99. The van der Waals surface area contributed by atoms with E-state index in [0.29, 0.717) is 50.3 Å². The van der Waals surface area contributed by atoms with Gasteiger partial charge in [-0.1, -0.05) is 63.6 Å². The zero-order chi connectivity index (χ0) is 55.2. The Morgan fingerprint density at radius 3 is 2.22 bits per heavy atom. The predicted molar refractivity (Wildman–Crippen MR) is 284 cm³/mol. The summed E-state index contributed by atoms with van der Waals surface area (Å²) in [5.41, 5.74) is 1.78. The Labute approximate surface area is 443 Å². The van der Waals surface area contributed by atoms with Gasteiger partial charge in [0, 0.05) is 93.4 Å². The molecule has 5 atom stereocenters. The molecule has 0 aliphatic carbocycles. The molecule has 76 heavy (non-hydrogen) atoms. The van der Waals surface area contributed by atoms with Crippen molar-refractivity contribution in [2.45, 2.75) is 117 Å². The van der Waals surface area contributed by atoms with E-state index >= 15 is 4.39 Å². The molecule has 406 valence electrons. The molecule has 3 aromatic carbocycles. The van der Waals surface area contributed by atoms with Crippen molar-refractivity contribution in [3.05, 3.63) is 123 Å². The highest BCUT2D eigenvalue weighted by atomic mass is 32.1. The number of β-amino-alcohol motifs (C(OH)–C–C–N with tert-alkyl or cyclic N) is 1. The van der Waals surface area contributed by atoms with Gasteiger partial charge in [-0.05, 0) is 87.0 Å². The third-order valence-electron chi connectivity index (χ3n) is 14.4. The van der Waals surface area contributed by atoms with E-state index in [2.05, 4.69) is 30.8 Å². The highest BCUT2D eigenvalue weighted by Gasteiger charge is 2.44. The zero-order valence-corrected chi connectivity index (χ0v) is 44.6. The molecule has 5 aromatic rings. The fourth-order valence-corrected chi connectivity index (χ4v) is 10.7. The van der Waals surface area contributed by atoms with Crippen LogP contribution in [0.1, 0.15) is 111 Å². The number of hydrogen-bond donors (Lipinski definition) is 5. The molecule has 2 saturated heterocycles. The minimum absolute atomic E-state index is 0.0173. The second kappa shape index (κ2) is 24.1. The molecule has 20 heteroatoms. The van der Waals surface area contributed by atoms with E-state index in [-0.39, 0.29) is 91.0 Å². The van der Waals surface area contributed by atoms with Gasteiger partial charge in [0.25, 0.3) is 11.8 Å². The van der Waals surface area contributed by atoms with Gasteiger partial charge in [0.1, 0.15) is 17.6 Å². The number of likely N-dealkylation sites (N-methyl/N-ethyl adjacent to an activating group) is 1. The Morgan fingerprint density at radius 1 is 0.882 bits per heavy atom. The monoisotopic (exact) mass is 1070 g/mol. The molecule has 7 rings (SSSR count). The smallest absolute Gasteiger partial charge is 0.391 e. The van der Waals surface area contributed by atoms with Crippen molar-refractivity contribution in [1.29, 1.82) is 0 Å². The molecular formula is C56H66F4N8O7S. The molecule has 0 saturated carbocycles. The molecule has 4 amide bonds. The Kier molecular flexibility index (Phi) is 18.0. The average molecular weight is 1070 g/mol. The van der Waals surface area contributed by atoms with Gasteiger partial charge in [0.15, 0.2) is 0 Å². The van der Waals surface area contributed by atoms with E-state index in [4.69, 9.17) is 0 Å². The number of amides is 4. The number of rotatable bonds is 18. The quantitative estimate of drug-likeness (QED) is 0.0419. The van der Waals surface area contributed by atoms with Crippen LogP contribution in [0.25, 0.3) is 21.6 Å². The number of halogens is 4. The van der Waals surface area contributed by atoms with Crippen LogP contribution < -0.4 is 26.4 Å². The number of carbonyl (C=O) groups is 5. The lowest BCUT2D eigenvalue weighted by Gasteiger charge is -2.44. The number of nitrogens with zero attached hydrogens (tertiary/aromatic N) is 4. The normalized spacial score (nSPS) is 18.6. The van der Waals surface area contributed by atoms with Gasteiger partial charge in [-0.25, -0.2) is 9.37 Å². The number of aliphatic hydroxyl groups is 1. The number of likely N-dealkylation sites (tertiary alicyclic amines) is 1. The lowest BCUT2D eigenvalue weighted by Crippen LogP contribution is -2.55. The number of pyridine rings is 1. The minimum atomic E-state index is -5.00. The minimum Gasteiger partial charge on any atom is -0.391 e. The van der Waals surface area contributed by atoms with Crippen LogP contribution in [-0.2, 0) is 27.1 Å². The van der Waals surface area contributed by atoms with E-state index in [1.165, 1.54) is 23.1 Å². The van der Waals surface area contributed by atoms with Gasteiger partial charge in [0.05, 0.1) is 44.7 Å². The summed E-state index contributed by atoms with van der Waals surface area (Å²) in [5.74, 6) is -4.03. The van der Waals surface area contributed by atoms with Gasteiger partial charge < -0.3 is 35.8 Å². The van der Waals surface area contributed by atoms with Crippen molar-refractivity contribution < 1.29 is 46.6 Å². The largest absolute Gasteiger partial charge is 0.417 e. The maximum absolute atomic E-state index is 15.9. The lowest BCUT2D eigenvalue weighted by molar-refractivity contribution is -0.146. The van der Waals surface area contributed by atoms with Crippen molar-refractivity contribution in [3.63, 3.8) is 0 Å². The van der Waals surface area contributed by atoms with Gasteiger partial charge in [0.2, 0.25) is 17.4 Å². The third kappa shape index (κ3) is 13.8. The van der Waals surface area contributed by atoms with Crippen LogP contribution in [0.5, 0.6) is 0 Å². The second-order valence-electron chi connectivity index (χ2n) is 21.1. The highest BCUT2D eigenvalue weighted by Crippen LogP contribution is 2.38. The number of H-pyrrole nitrogens is 1. The average Bonchev–Trinajstić information content (AvgIpc) is 3.99. The lowest BCUT2D eigenvalue weighted by atomic mass is 9.76. The molecule has 2 aromatic heterocycles. The topological polar surface area (TPSA) is 197 Å². The first-order valence-electron chi connectivity index (χ1n) is 25.5. The number of benzene rings is 3. The summed E-state index contributed by atoms with van der Waals surface area (Å²) in [4.78, 5) is 92.7. The van der Waals surface area contributed by atoms with Crippen LogP contribution in [0.3, 0.4) is 0 Å². The van der Waals surface area contributed by atoms with Crippen LogP contribution in [0, 0.1) is 24.1 Å². The van der Waals surface area contributed by atoms with E-state index < -0.39 is 64.0 Å². The SMILES string of the molecule is Cc1ncsc1-c1ccc(CNC(=O)[C@@H]2C[C@@H](O)CN2C(=O)[C@@H](CC(=O)CCCCCNC(=O)c2ccc(-c3ccc(N4C[C@@H](C)N(C)[C@@H](C)C4)c(NC(=O)c4c[nH]c(=O)cc4C(F)(F)F)c3)c(F)c2)C(C)(C)C)cc1. The number of aryl methyl sites for hydroxylation is 1. The van der Waals surface area contributed by atoms with Crippen LogP contribution in [0.2, 0.25) is 0 Å². The number of thiazole rings is 1. The number of nitrogens with one attached hydrogen (secondary N) is 4. The van der Waals surface area contributed by atoms with Crippen molar-refractivity contribution in [3.8, 4) is 21.6 Å². The predicted octanol–water partition coefficient (Wildman–Crippen LogP) is 8.60. The zero-order valence-electron chi connectivity index (χ0n) is 43.8. The molecule has 0 spiro atoms. The second-order valence-corrected chi connectivity index (χ2v) is 21.9. The molecule has 5 N–H and O–H groups in total. The van der Waals surface area contributed by atoms with Gasteiger partial charge in [-0.15, -0.1) is 11.3 Å². The Bertz CT molecular complexity index is 2980. The molecule has 0 radical (unpaired) electrons. The molecule has 0 unspecified atom stereocenters. The van der Waals surface area contributed by atoms with E-state index in [9.17, 15) is 47.0 Å². The number of piperazine rings is 1.